The highest BCUT2D eigenvalue weighted by atomic mass is 19.1. The van der Waals surface area contributed by atoms with Crippen LogP contribution in [0.1, 0.15) is 31.7 Å². The van der Waals surface area contributed by atoms with E-state index < -0.39 is 0 Å². The van der Waals surface area contributed by atoms with Gasteiger partial charge in [-0.2, -0.15) is 0 Å². The SMILES string of the molecule is C=N/C=C(\C=N/CC)C(CC)c1ccc(F)cc1. The quantitative estimate of drug-likeness (QED) is 0.678. The van der Waals surface area contributed by atoms with Crippen LogP contribution in [-0.4, -0.2) is 19.5 Å². The van der Waals surface area contributed by atoms with Gasteiger partial charge in [-0.3, -0.25) is 9.98 Å². The molecule has 0 amide bonds. The fourth-order valence-corrected chi connectivity index (χ4v) is 1.87. The number of hydrogen-bond donors (Lipinski definition) is 0. The molecule has 0 saturated carbocycles. The molecular formula is C15H19FN2. The van der Waals surface area contributed by atoms with Crippen molar-refractivity contribution < 1.29 is 4.39 Å². The second-order valence-corrected chi connectivity index (χ2v) is 3.95. The van der Waals surface area contributed by atoms with E-state index in [-0.39, 0.29) is 11.7 Å². The average molecular weight is 246 g/mol. The molecule has 96 valence electrons. The van der Waals surface area contributed by atoms with Crippen LogP contribution in [0.15, 0.2) is 46.0 Å². The van der Waals surface area contributed by atoms with Crippen LogP contribution in [-0.2, 0) is 0 Å². The monoisotopic (exact) mass is 246 g/mol. The van der Waals surface area contributed by atoms with Crippen LogP contribution in [0.4, 0.5) is 4.39 Å². The predicted octanol–water partition coefficient (Wildman–Crippen LogP) is 3.99. The van der Waals surface area contributed by atoms with Gasteiger partial charge >= 0.3 is 0 Å². The van der Waals surface area contributed by atoms with E-state index in [2.05, 4.69) is 23.6 Å². The first-order chi connectivity index (χ1) is 8.72. The van der Waals surface area contributed by atoms with Gasteiger partial charge in [0.2, 0.25) is 0 Å². The summed E-state index contributed by atoms with van der Waals surface area (Å²) in [6, 6.07) is 6.57. The maximum atomic E-state index is 12.9. The lowest BCUT2D eigenvalue weighted by atomic mass is 9.90. The van der Waals surface area contributed by atoms with Gasteiger partial charge in [-0.25, -0.2) is 4.39 Å². The highest BCUT2D eigenvalue weighted by molar-refractivity contribution is 5.81. The second-order valence-electron chi connectivity index (χ2n) is 3.95. The molecule has 18 heavy (non-hydrogen) atoms. The fraction of sp³-hybridized carbons (Fsp3) is 0.333. The topological polar surface area (TPSA) is 24.7 Å². The normalized spacial score (nSPS) is 13.8. The Morgan fingerprint density at radius 1 is 1.33 bits per heavy atom. The van der Waals surface area contributed by atoms with Crippen molar-refractivity contribution in [1.29, 1.82) is 0 Å². The Balaban J connectivity index is 3.05. The minimum absolute atomic E-state index is 0.173. The average Bonchev–Trinajstić information content (AvgIpc) is 2.39. The number of allylic oxidation sites excluding steroid dienone is 1. The van der Waals surface area contributed by atoms with Gasteiger partial charge in [-0.05, 0) is 43.3 Å². The number of aliphatic imine (C=N–C) groups is 2. The Kier molecular flexibility index (Phi) is 5.98. The molecule has 0 bridgehead atoms. The van der Waals surface area contributed by atoms with E-state index in [4.69, 9.17) is 0 Å². The Morgan fingerprint density at radius 3 is 2.50 bits per heavy atom. The van der Waals surface area contributed by atoms with E-state index in [1.54, 1.807) is 18.3 Å². The van der Waals surface area contributed by atoms with Crippen LogP contribution < -0.4 is 0 Å². The predicted molar refractivity (Wildman–Crippen MR) is 76.1 cm³/mol. The summed E-state index contributed by atoms with van der Waals surface area (Å²) in [5, 5.41) is 0. The number of rotatable bonds is 6. The standard InChI is InChI=1S/C15H19FN2/c1-4-15(12-6-8-14(16)9-7-12)13(10-17-3)11-18-5-2/h6-11,15H,3-5H2,1-2H3/b13-10+,18-11-. The molecule has 1 aromatic rings. The summed E-state index contributed by atoms with van der Waals surface area (Å²) in [7, 11) is 0. The molecular weight excluding hydrogens is 227 g/mol. The molecule has 0 aromatic heterocycles. The molecule has 0 aliphatic carbocycles. The summed E-state index contributed by atoms with van der Waals surface area (Å²) >= 11 is 0. The van der Waals surface area contributed by atoms with Gasteiger partial charge in [0.25, 0.3) is 0 Å². The molecule has 1 unspecified atom stereocenters. The molecule has 0 aliphatic heterocycles. The Labute approximate surface area is 108 Å². The highest BCUT2D eigenvalue weighted by Crippen LogP contribution is 2.27. The molecule has 0 fully saturated rings. The van der Waals surface area contributed by atoms with Gasteiger partial charge in [0.1, 0.15) is 5.82 Å². The van der Waals surface area contributed by atoms with Crippen LogP contribution in [0.3, 0.4) is 0 Å². The Bertz CT molecular complexity index is 432. The molecule has 3 heteroatoms. The largest absolute Gasteiger partial charge is 0.293 e. The van der Waals surface area contributed by atoms with E-state index in [1.165, 1.54) is 12.1 Å². The molecule has 1 atom stereocenters. The minimum atomic E-state index is -0.219. The number of benzene rings is 1. The van der Waals surface area contributed by atoms with Crippen molar-refractivity contribution in [3.05, 3.63) is 47.4 Å². The molecule has 0 aliphatic rings. The maximum absolute atomic E-state index is 12.9. The molecule has 2 nitrogen and oxygen atoms in total. The van der Waals surface area contributed by atoms with E-state index in [1.807, 2.05) is 13.1 Å². The van der Waals surface area contributed by atoms with E-state index in [9.17, 15) is 4.39 Å². The third-order valence-electron chi connectivity index (χ3n) is 2.75. The van der Waals surface area contributed by atoms with Crippen LogP contribution >= 0.6 is 0 Å². The van der Waals surface area contributed by atoms with Crippen molar-refractivity contribution in [3.8, 4) is 0 Å². The lowest BCUT2D eigenvalue weighted by Crippen LogP contribution is -2.03. The van der Waals surface area contributed by atoms with Gasteiger partial charge in [-0.1, -0.05) is 19.1 Å². The summed E-state index contributed by atoms with van der Waals surface area (Å²) < 4.78 is 12.9. The second kappa shape index (κ2) is 7.54. The van der Waals surface area contributed by atoms with Crippen molar-refractivity contribution >= 4 is 12.9 Å². The van der Waals surface area contributed by atoms with Gasteiger partial charge in [0.15, 0.2) is 0 Å². The minimum Gasteiger partial charge on any atom is -0.293 e. The van der Waals surface area contributed by atoms with Gasteiger partial charge in [0.05, 0.1) is 0 Å². The van der Waals surface area contributed by atoms with Crippen molar-refractivity contribution in [1.82, 2.24) is 0 Å². The third kappa shape index (κ3) is 3.91. The van der Waals surface area contributed by atoms with Crippen molar-refractivity contribution in [2.24, 2.45) is 9.98 Å². The number of hydrogen-bond acceptors (Lipinski definition) is 2. The third-order valence-corrected chi connectivity index (χ3v) is 2.75. The molecule has 0 radical (unpaired) electrons. The van der Waals surface area contributed by atoms with Crippen LogP contribution in [0.25, 0.3) is 0 Å². The zero-order valence-electron chi connectivity index (χ0n) is 10.9. The zero-order valence-corrected chi connectivity index (χ0v) is 10.9. The summed E-state index contributed by atoms with van der Waals surface area (Å²) in [6.45, 7) is 8.28. The summed E-state index contributed by atoms with van der Waals surface area (Å²) in [4.78, 5) is 8.07. The molecule has 1 aromatic carbocycles. The first kappa shape index (κ1) is 14.3. The van der Waals surface area contributed by atoms with Crippen molar-refractivity contribution in [2.75, 3.05) is 6.54 Å². The van der Waals surface area contributed by atoms with Crippen LogP contribution in [0.2, 0.25) is 0 Å². The van der Waals surface area contributed by atoms with E-state index in [0.717, 1.165) is 24.1 Å². The molecule has 0 spiro atoms. The van der Waals surface area contributed by atoms with E-state index in [0.29, 0.717) is 0 Å². The Morgan fingerprint density at radius 2 is 2.00 bits per heavy atom. The molecule has 0 N–H and O–H groups in total. The fourth-order valence-electron chi connectivity index (χ4n) is 1.87. The van der Waals surface area contributed by atoms with Gasteiger partial charge in [-0.15, -0.1) is 0 Å². The summed E-state index contributed by atoms with van der Waals surface area (Å²) in [6.07, 6.45) is 4.45. The molecule has 0 heterocycles. The molecule has 1 rings (SSSR count). The molecule has 0 saturated heterocycles. The lowest BCUT2D eigenvalue weighted by Gasteiger charge is -2.16. The van der Waals surface area contributed by atoms with Crippen molar-refractivity contribution in [2.45, 2.75) is 26.2 Å². The first-order valence-corrected chi connectivity index (χ1v) is 6.14. The smallest absolute Gasteiger partial charge is 0.123 e. The zero-order chi connectivity index (χ0) is 13.4. The summed E-state index contributed by atoms with van der Waals surface area (Å²) in [5.41, 5.74) is 2.07. The lowest BCUT2D eigenvalue weighted by molar-refractivity contribution is 0.626. The Hall–Kier alpha value is -1.77. The maximum Gasteiger partial charge on any atom is 0.123 e. The number of halogens is 1. The van der Waals surface area contributed by atoms with Crippen molar-refractivity contribution in [3.63, 3.8) is 0 Å². The van der Waals surface area contributed by atoms with E-state index >= 15 is 0 Å². The highest BCUT2D eigenvalue weighted by Gasteiger charge is 2.13. The van der Waals surface area contributed by atoms with Gasteiger partial charge < -0.3 is 0 Å². The number of nitrogens with zero attached hydrogens (tertiary/aromatic N) is 2. The first-order valence-electron chi connectivity index (χ1n) is 6.14. The van der Waals surface area contributed by atoms with Crippen LogP contribution in [0, 0.1) is 5.82 Å². The van der Waals surface area contributed by atoms with Crippen LogP contribution in [0.5, 0.6) is 0 Å². The summed E-state index contributed by atoms with van der Waals surface area (Å²) in [5.74, 6) is -0.0467. The van der Waals surface area contributed by atoms with Gasteiger partial charge in [0, 0.05) is 24.9 Å².